The topological polar surface area (TPSA) is 82.2 Å². The minimum atomic E-state index is -3.56. The number of amides is 1. The molecule has 28 heavy (non-hydrogen) atoms. The Kier molecular flexibility index (Phi) is 6.59. The third-order valence-corrected chi connectivity index (χ3v) is 7.21. The molecule has 0 radical (unpaired) electrons. The van der Waals surface area contributed by atoms with Crippen molar-refractivity contribution in [3.63, 3.8) is 0 Å². The van der Waals surface area contributed by atoms with E-state index in [1.54, 1.807) is 17.0 Å². The van der Waals surface area contributed by atoms with Gasteiger partial charge in [0.15, 0.2) is 0 Å². The molecular formula is C19H30N4O4S. The summed E-state index contributed by atoms with van der Waals surface area (Å²) in [6.45, 7) is 1.81. The molecule has 0 aromatic heterocycles. The van der Waals surface area contributed by atoms with Crippen molar-refractivity contribution in [1.82, 2.24) is 14.7 Å². The summed E-state index contributed by atoms with van der Waals surface area (Å²) in [4.78, 5) is 21.0. The van der Waals surface area contributed by atoms with Crippen LogP contribution in [0.25, 0.3) is 0 Å². The highest BCUT2D eigenvalue weighted by molar-refractivity contribution is 7.90. The van der Waals surface area contributed by atoms with Gasteiger partial charge in [-0.15, -0.1) is 0 Å². The lowest BCUT2D eigenvalue weighted by Crippen LogP contribution is -2.40. The fourth-order valence-electron chi connectivity index (χ4n) is 3.78. The van der Waals surface area contributed by atoms with Gasteiger partial charge in [0.05, 0.1) is 12.6 Å². The molecule has 2 atom stereocenters. The summed E-state index contributed by atoms with van der Waals surface area (Å²) in [7, 11) is 2.14. The van der Waals surface area contributed by atoms with Crippen molar-refractivity contribution in [1.29, 1.82) is 0 Å². The smallest absolute Gasteiger partial charge is 0.222 e. The van der Waals surface area contributed by atoms with Gasteiger partial charge in [-0.05, 0) is 30.5 Å². The molecule has 1 amide bonds. The summed E-state index contributed by atoms with van der Waals surface area (Å²) in [6.07, 6.45) is 2.10. The van der Waals surface area contributed by atoms with E-state index in [4.69, 9.17) is 4.84 Å². The second-order valence-electron chi connectivity index (χ2n) is 7.59. The fraction of sp³-hybridized carbons (Fsp3) is 0.632. The van der Waals surface area contributed by atoms with Gasteiger partial charge in [-0.25, -0.2) is 13.1 Å². The number of carbonyl (C=O) groups is 1. The highest BCUT2D eigenvalue weighted by Crippen LogP contribution is 2.33. The Hall–Kier alpha value is -1.68. The maximum Gasteiger partial charge on any atom is 0.222 e. The fourth-order valence-corrected chi connectivity index (χ4v) is 5.33. The van der Waals surface area contributed by atoms with E-state index in [0.717, 1.165) is 24.2 Å². The molecule has 3 rings (SSSR count). The maximum atomic E-state index is 12.9. The molecule has 1 aromatic rings. The summed E-state index contributed by atoms with van der Waals surface area (Å²) in [6, 6.07) is 7.49. The number of likely N-dealkylation sites (tertiary alicyclic amines) is 1. The Morgan fingerprint density at radius 1 is 1.25 bits per heavy atom. The Morgan fingerprint density at radius 2 is 1.96 bits per heavy atom. The van der Waals surface area contributed by atoms with E-state index in [1.807, 2.05) is 43.3 Å². The average Bonchev–Trinajstić information content (AvgIpc) is 3.25. The van der Waals surface area contributed by atoms with Crippen LogP contribution < -0.4 is 9.62 Å². The zero-order chi connectivity index (χ0) is 20.3. The molecule has 2 aliphatic rings. The average molecular weight is 411 g/mol. The first-order valence-corrected chi connectivity index (χ1v) is 11.2. The normalized spacial score (nSPS) is 23.5. The van der Waals surface area contributed by atoms with Gasteiger partial charge < -0.3 is 9.80 Å². The van der Waals surface area contributed by atoms with Crippen LogP contribution in [0.1, 0.15) is 30.9 Å². The van der Waals surface area contributed by atoms with Gasteiger partial charge in [0.1, 0.15) is 5.25 Å². The number of rotatable bonds is 8. The maximum absolute atomic E-state index is 12.9. The minimum Gasteiger partial charge on any atom is -0.378 e. The lowest BCUT2D eigenvalue weighted by Gasteiger charge is -2.24. The van der Waals surface area contributed by atoms with Crippen molar-refractivity contribution in [3.05, 3.63) is 29.8 Å². The van der Waals surface area contributed by atoms with Crippen LogP contribution in [0.3, 0.4) is 0 Å². The summed E-state index contributed by atoms with van der Waals surface area (Å²) in [5, 5.41) is 0.938. The number of hydrogen-bond donors (Lipinski definition) is 1. The van der Waals surface area contributed by atoms with Crippen LogP contribution in [0, 0.1) is 0 Å². The number of hydrogen-bond acceptors (Lipinski definition) is 6. The van der Waals surface area contributed by atoms with Gasteiger partial charge in [0.25, 0.3) is 0 Å². The molecule has 0 bridgehead atoms. The number of hydroxylamine groups is 2. The number of sulfonamides is 1. The van der Waals surface area contributed by atoms with Crippen LogP contribution >= 0.6 is 0 Å². The first-order valence-electron chi connectivity index (χ1n) is 9.69. The number of anilines is 1. The number of benzene rings is 1. The quantitative estimate of drug-likeness (QED) is 0.643. The summed E-state index contributed by atoms with van der Waals surface area (Å²) >= 11 is 0. The van der Waals surface area contributed by atoms with Crippen molar-refractivity contribution in [2.45, 2.75) is 30.6 Å². The van der Waals surface area contributed by atoms with E-state index in [1.165, 1.54) is 0 Å². The minimum absolute atomic E-state index is 0.122. The molecule has 0 spiro atoms. The third kappa shape index (κ3) is 4.65. The van der Waals surface area contributed by atoms with Gasteiger partial charge >= 0.3 is 0 Å². The van der Waals surface area contributed by atoms with Crippen molar-refractivity contribution < 1.29 is 18.0 Å². The van der Waals surface area contributed by atoms with Crippen LogP contribution in [-0.4, -0.2) is 76.9 Å². The lowest BCUT2D eigenvalue weighted by atomic mass is 10.0. The molecule has 1 aromatic carbocycles. The van der Waals surface area contributed by atoms with Crippen molar-refractivity contribution in [2.24, 2.45) is 0 Å². The molecule has 0 aliphatic carbocycles. The molecule has 8 nitrogen and oxygen atoms in total. The molecule has 2 saturated heterocycles. The molecule has 2 heterocycles. The summed E-state index contributed by atoms with van der Waals surface area (Å²) in [5.74, 6) is 0.162. The number of carbonyl (C=O) groups excluding carboxylic acids is 1. The molecule has 2 unspecified atom stereocenters. The molecular weight excluding hydrogens is 380 g/mol. The number of nitrogens with zero attached hydrogens (tertiary/aromatic N) is 3. The van der Waals surface area contributed by atoms with E-state index in [0.29, 0.717) is 25.9 Å². The number of nitrogens with one attached hydrogen (secondary N) is 1. The predicted molar refractivity (Wildman–Crippen MR) is 108 cm³/mol. The highest BCUT2D eigenvalue weighted by atomic mass is 32.2. The first kappa shape index (κ1) is 21.0. The zero-order valence-corrected chi connectivity index (χ0v) is 17.6. The molecule has 1 N–H and O–H groups in total. The van der Waals surface area contributed by atoms with Gasteiger partial charge in [-0.1, -0.05) is 12.1 Å². The van der Waals surface area contributed by atoms with E-state index in [9.17, 15) is 13.2 Å². The Morgan fingerprint density at radius 3 is 2.57 bits per heavy atom. The Bertz CT molecular complexity index is 782. The lowest BCUT2D eigenvalue weighted by molar-refractivity contribution is -0.127. The summed E-state index contributed by atoms with van der Waals surface area (Å²) < 4.78 is 28.5. The monoisotopic (exact) mass is 410 g/mol. The third-order valence-electron chi connectivity index (χ3n) is 5.42. The standard InChI is InChI=1S/C19H30N4O4S/c1-21(2)16-9-7-15(8-10-16)19-17(14-27-22(19)3)28(25,26)20-11-5-13-23-12-4-6-18(23)24/h7-10,17,19-20H,4-6,11-14H2,1-3H3. The van der Waals surface area contributed by atoms with E-state index >= 15 is 0 Å². The van der Waals surface area contributed by atoms with Crippen LogP contribution in [0.2, 0.25) is 0 Å². The van der Waals surface area contributed by atoms with Crippen molar-refractivity contribution in [2.75, 3.05) is 52.3 Å². The molecule has 156 valence electrons. The second kappa shape index (κ2) is 8.77. The summed E-state index contributed by atoms with van der Waals surface area (Å²) in [5.41, 5.74) is 1.96. The SMILES string of the molecule is CN(C)c1ccc(C2C(S(=O)(=O)NCCCN3CCCC3=O)CON2C)cc1. The predicted octanol–water partition coefficient (Wildman–Crippen LogP) is 0.971. The van der Waals surface area contributed by atoms with Crippen molar-refractivity contribution in [3.8, 4) is 0 Å². The Labute approximate surface area is 167 Å². The zero-order valence-electron chi connectivity index (χ0n) is 16.8. The van der Waals surface area contributed by atoms with Crippen LogP contribution in [0.5, 0.6) is 0 Å². The first-order chi connectivity index (χ1) is 13.3. The largest absolute Gasteiger partial charge is 0.378 e. The Balaban J connectivity index is 1.61. The van der Waals surface area contributed by atoms with Crippen LogP contribution in [0.15, 0.2) is 24.3 Å². The molecule has 2 aliphatic heterocycles. The second-order valence-corrected chi connectivity index (χ2v) is 9.57. The van der Waals surface area contributed by atoms with E-state index in [-0.39, 0.29) is 18.6 Å². The molecule has 0 saturated carbocycles. The highest BCUT2D eigenvalue weighted by Gasteiger charge is 2.43. The van der Waals surface area contributed by atoms with Crippen LogP contribution in [0.4, 0.5) is 5.69 Å². The molecule has 2 fully saturated rings. The van der Waals surface area contributed by atoms with E-state index < -0.39 is 15.3 Å². The van der Waals surface area contributed by atoms with E-state index in [2.05, 4.69) is 4.72 Å². The van der Waals surface area contributed by atoms with Crippen molar-refractivity contribution >= 4 is 21.6 Å². The van der Waals surface area contributed by atoms with Gasteiger partial charge in [0, 0.05) is 52.9 Å². The van der Waals surface area contributed by atoms with Gasteiger partial charge in [0.2, 0.25) is 15.9 Å². The van der Waals surface area contributed by atoms with Gasteiger partial charge in [-0.2, -0.15) is 5.06 Å². The molecule has 9 heteroatoms. The van der Waals surface area contributed by atoms with Gasteiger partial charge in [-0.3, -0.25) is 9.63 Å². The van der Waals surface area contributed by atoms with Crippen LogP contribution in [-0.2, 0) is 19.7 Å².